The van der Waals surface area contributed by atoms with Gasteiger partial charge in [-0.1, -0.05) is 38.1 Å². The number of rotatable bonds is 3. The lowest BCUT2D eigenvalue weighted by Crippen LogP contribution is -2.45. The monoisotopic (exact) mass is 286 g/mol. The Kier molecular flexibility index (Phi) is 4.66. The standard InChI is InChI=1S/C19H30N2/c1-14(2)16-7-8-19(20)18(11-16)13-21-10-9-15-5-3-4-6-17(15)12-21/h3-6,14,16,18-19H,7-13,20H2,1-2H3. The minimum atomic E-state index is 0.414. The van der Waals surface area contributed by atoms with E-state index in [1.54, 1.807) is 5.56 Å². The van der Waals surface area contributed by atoms with E-state index in [-0.39, 0.29) is 0 Å². The van der Waals surface area contributed by atoms with Crippen LogP contribution in [0.2, 0.25) is 0 Å². The third kappa shape index (κ3) is 3.49. The van der Waals surface area contributed by atoms with Crippen LogP contribution in [0.1, 0.15) is 44.2 Å². The van der Waals surface area contributed by atoms with Crippen molar-refractivity contribution in [2.45, 2.75) is 52.1 Å². The second-order valence-corrected chi connectivity index (χ2v) is 7.49. The van der Waals surface area contributed by atoms with Crippen molar-refractivity contribution in [3.8, 4) is 0 Å². The largest absolute Gasteiger partial charge is 0.327 e. The van der Waals surface area contributed by atoms with Crippen molar-refractivity contribution in [3.63, 3.8) is 0 Å². The minimum Gasteiger partial charge on any atom is -0.327 e. The summed E-state index contributed by atoms with van der Waals surface area (Å²) in [6.07, 6.45) is 5.08. The summed E-state index contributed by atoms with van der Waals surface area (Å²) >= 11 is 0. The predicted molar refractivity (Wildman–Crippen MR) is 89.1 cm³/mol. The molecule has 1 heterocycles. The highest BCUT2D eigenvalue weighted by Crippen LogP contribution is 2.34. The molecule has 1 fully saturated rings. The number of hydrogen-bond donors (Lipinski definition) is 1. The van der Waals surface area contributed by atoms with E-state index in [0.29, 0.717) is 12.0 Å². The molecule has 1 aromatic carbocycles. The van der Waals surface area contributed by atoms with Gasteiger partial charge in [-0.2, -0.15) is 0 Å². The van der Waals surface area contributed by atoms with E-state index in [1.807, 2.05) is 0 Å². The number of hydrogen-bond acceptors (Lipinski definition) is 2. The quantitative estimate of drug-likeness (QED) is 0.922. The van der Waals surface area contributed by atoms with Gasteiger partial charge in [0.25, 0.3) is 0 Å². The molecule has 1 aliphatic carbocycles. The van der Waals surface area contributed by atoms with Gasteiger partial charge in [0.1, 0.15) is 0 Å². The highest BCUT2D eigenvalue weighted by molar-refractivity contribution is 5.29. The van der Waals surface area contributed by atoms with E-state index in [9.17, 15) is 0 Å². The highest BCUT2D eigenvalue weighted by Gasteiger charge is 2.31. The molecule has 0 radical (unpaired) electrons. The van der Waals surface area contributed by atoms with E-state index in [1.165, 1.54) is 44.3 Å². The van der Waals surface area contributed by atoms with Crippen molar-refractivity contribution >= 4 is 0 Å². The fourth-order valence-corrected chi connectivity index (χ4v) is 4.18. The van der Waals surface area contributed by atoms with Crippen LogP contribution in [0.5, 0.6) is 0 Å². The smallest absolute Gasteiger partial charge is 0.0236 e. The maximum absolute atomic E-state index is 6.43. The first-order chi connectivity index (χ1) is 10.1. The molecule has 0 aromatic heterocycles. The Morgan fingerprint density at radius 3 is 2.71 bits per heavy atom. The average molecular weight is 286 g/mol. The lowest BCUT2D eigenvalue weighted by Gasteiger charge is -2.40. The Morgan fingerprint density at radius 2 is 1.95 bits per heavy atom. The fraction of sp³-hybridized carbons (Fsp3) is 0.684. The Bertz CT molecular complexity index is 468. The Balaban J connectivity index is 1.61. The topological polar surface area (TPSA) is 29.3 Å². The summed E-state index contributed by atoms with van der Waals surface area (Å²) in [6, 6.07) is 9.33. The molecule has 2 aliphatic rings. The molecule has 3 atom stereocenters. The van der Waals surface area contributed by atoms with Crippen LogP contribution in [-0.4, -0.2) is 24.0 Å². The second-order valence-electron chi connectivity index (χ2n) is 7.49. The van der Waals surface area contributed by atoms with Gasteiger partial charge in [0, 0.05) is 25.7 Å². The van der Waals surface area contributed by atoms with Gasteiger partial charge in [-0.15, -0.1) is 0 Å². The van der Waals surface area contributed by atoms with Gasteiger partial charge < -0.3 is 5.73 Å². The number of benzene rings is 1. The van der Waals surface area contributed by atoms with Crippen molar-refractivity contribution in [2.24, 2.45) is 23.5 Å². The third-order valence-electron chi connectivity index (χ3n) is 5.73. The molecule has 0 bridgehead atoms. The van der Waals surface area contributed by atoms with Gasteiger partial charge >= 0.3 is 0 Å². The molecule has 116 valence electrons. The molecule has 3 rings (SSSR count). The van der Waals surface area contributed by atoms with Crippen molar-refractivity contribution in [2.75, 3.05) is 13.1 Å². The van der Waals surface area contributed by atoms with Crippen LogP contribution in [-0.2, 0) is 13.0 Å². The van der Waals surface area contributed by atoms with E-state index in [2.05, 4.69) is 43.0 Å². The van der Waals surface area contributed by atoms with E-state index >= 15 is 0 Å². The van der Waals surface area contributed by atoms with E-state index < -0.39 is 0 Å². The number of fused-ring (bicyclic) bond motifs is 1. The maximum Gasteiger partial charge on any atom is 0.0236 e. The van der Waals surface area contributed by atoms with Crippen LogP contribution in [0, 0.1) is 17.8 Å². The lowest BCUT2D eigenvalue weighted by atomic mass is 9.73. The highest BCUT2D eigenvalue weighted by atomic mass is 15.1. The minimum absolute atomic E-state index is 0.414. The molecular formula is C19H30N2. The predicted octanol–water partition coefficient (Wildman–Crippen LogP) is 3.44. The summed E-state index contributed by atoms with van der Waals surface area (Å²) in [5, 5.41) is 0. The van der Waals surface area contributed by atoms with Crippen LogP contribution in [0.25, 0.3) is 0 Å². The van der Waals surface area contributed by atoms with Gasteiger partial charge in [0.05, 0.1) is 0 Å². The average Bonchev–Trinajstić information content (AvgIpc) is 2.49. The molecular weight excluding hydrogens is 256 g/mol. The second kappa shape index (κ2) is 6.50. The van der Waals surface area contributed by atoms with Gasteiger partial charge in [-0.3, -0.25) is 4.90 Å². The number of nitrogens with zero attached hydrogens (tertiary/aromatic N) is 1. The Labute approximate surface area is 129 Å². The van der Waals surface area contributed by atoms with Gasteiger partial charge in [0.2, 0.25) is 0 Å². The zero-order chi connectivity index (χ0) is 14.8. The Hall–Kier alpha value is -0.860. The first-order valence-corrected chi connectivity index (χ1v) is 8.68. The van der Waals surface area contributed by atoms with Crippen LogP contribution in [0.15, 0.2) is 24.3 Å². The van der Waals surface area contributed by atoms with Crippen LogP contribution in [0.4, 0.5) is 0 Å². The summed E-state index contributed by atoms with van der Waals surface area (Å²) in [5.41, 5.74) is 9.49. The maximum atomic E-state index is 6.43. The Morgan fingerprint density at radius 1 is 1.19 bits per heavy atom. The van der Waals surface area contributed by atoms with Crippen LogP contribution < -0.4 is 5.73 Å². The zero-order valence-corrected chi connectivity index (χ0v) is 13.6. The molecule has 1 aromatic rings. The summed E-state index contributed by atoms with van der Waals surface area (Å²) < 4.78 is 0. The van der Waals surface area contributed by atoms with Crippen molar-refractivity contribution in [1.29, 1.82) is 0 Å². The number of nitrogens with two attached hydrogens (primary N) is 1. The third-order valence-corrected chi connectivity index (χ3v) is 5.73. The fourth-order valence-electron chi connectivity index (χ4n) is 4.18. The molecule has 2 N–H and O–H groups in total. The molecule has 2 nitrogen and oxygen atoms in total. The normalized spacial score (nSPS) is 30.4. The lowest BCUT2D eigenvalue weighted by molar-refractivity contribution is 0.129. The molecule has 0 saturated heterocycles. The molecule has 3 unspecified atom stereocenters. The summed E-state index contributed by atoms with van der Waals surface area (Å²) in [5.74, 6) is 2.38. The van der Waals surface area contributed by atoms with Crippen molar-refractivity contribution in [3.05, 3.63) is 35.4 Å². The van der Waals surface area contributed by atoms with Gasteiger partial charge in [-0.05, 0) is 54.6 Å². The van der Waals surface area contributed by atoms with Crippen LogP contribution in [0.3, 0.4) is 0 Å². The SMILES string of the molecule is CC(C)C1CCC(N)C(CN2CCc3ccccc3C2)C1. The molecule has 2 heteroatoms. The molecule has 0 amide bonds. The molecule has 21 heavy (non-hydrogen) atoms. The van der Waals surface area contributed by atoms with E-state index in [0.717, 1.165) is 18.4 Å². The van der Waals surface area contributed by atoms with Crippen molar-refractivity contribution < 1.29 is 0 Å². The van der Waals surface area contributed by atoms with E-state index in [4.69, 9.17) is 5.73 Å². The van der Waals surface area contributed by atoms with Crippen molar-refractivity contribution in [1.82, 2.24) is 4.90 Å². The first kappa shape index (κ1) is 15.1. The summed E-state index contributed by atoms with van der Waals surface area (Å²) in [7, 11) is 0. The van der Waals surface area contributed by atoms with Crippen LogP contribution >= 0.6 is 0 Å². The molecule has 1 aliphatic heterocycles. The molecule has 0 spiro atoms. The molecule has 1 saturated carbocycles. The summed E-state index contributed by atoms with van der Waals surface area (Å²) in [4.78, 5) is 2.63. The van der Waals surface area contributed by atoms with Gasteiger partial charge in [0.15, 0.2) is 0 Å². The summed E-state index contributed by atoms with van der Waals surface area (Å²) in [6.45, 7) is 8.25. The zero-order valence-electron chi connectivity index (χ0n) is 13.6. The first-order valence-electron chi connectivity index (χ1n) is 8.68. The van der Waals surface area contributed by atoms with Gasteiger partial charge in [-0.25, -0.2) is 0 Å².